The van der Waals surface area contributed by atoms with E-state index in [1.54, 1.807) is 6.07 Å². The van der Waals surface area contributed by atoms with Crippen LogP contribution in [0.3, 0.4) is 0 Å². The standard InChI is InChI=1S/C22H13F5N4O/c23-11-22(26,27)15-2-1-13(17(24)5-15)9-31-10-14(8-28)21(32)16-6-18(25)20(7-19(16)31)30-4-3-29-12-30/h1-7,10,12H,9,11H2. The first-order valence-electron chi connectivity index (χ1n) is 9.23. The summed E-state index contributed by atoms with van der Waals surface area (Å²) in [5.74, 6) is -5.58. The van der Waals surface area contributed by atoms with Gasteiger partial charge in [-0.15, -0.1) is 0 Å². The molecule has 0 aliphatic rings. The van der Waals surface area contributed by atoms with Gasteiger partial charge < -0.3 is 9.13 Å². The molecule has 4 aromatic rings. The summed E-state index contributed by atoms with van der Waals surface area (Å²) >= 11 is 0. The summed E-state index contributed by atoms with van der Waals surface area (Å²) in [6.45, 7) is -2.22. The van der Waals surface area contributed by atoms with Gasteiger partial charge in [0.1, 0.15) is 23.3 Å². The first kappa shape index (κ1) is 21.2. The van der Waals surface area contributed by atoms with Crippen molar-refractivity contribution >= 4 is 10.9 Å². The number of hydrogen-bond acceptors (Lipinski definition) is 3. The molecule has 2 heterocycles. The van der Waals surface area contributed by atoms with Gasteiger partial charge >= 0.3 is 5.92 Å². The van der Waals surface area contributed by atoms with Gasteiger partial charge in [-0.25, -0.2) is 18.2 Å². The monoisotopic (exact) mass is 444 g/mol. The molecule has 0 saturated heterocycles. The number of nitriles is 1. The maximum atomic E-state index is 14.7. The Balaban J connectivity index is 1.89. The molecule has 2 aromatic carbocycles. The predicted molar refractivity (Wildman–Crippen MR) is 105 cm³/mol. The van der Waals surface area contributed by atoms with Crippen LogP contribution in [0.1, 0.15) is 16.7 Å². The van der Waals surface area contributed by atoms with E-state index in [4.69, 9.17) is 0 Å². The Morgan fingerprint density at radius 1 is 1.12 bits per heavy atom. The van der Waals surface area contributed by atoms with E-state index in [0.717, 1.165) is 18.2 Å². The minimum Gasteiger partial charge on any atom is -0.341 e. The largest absolute Gasteiger partial charge is 0.341 e. The van der Waals surface area contributed by atoms with Crippen molar-refractivity contribution in [3.63, 3.8) is 0 Å². The number of alkyl halides is 3. The number of nitrogens with zero attached hydrogens (tertiary/aromatic N) is 4. The zero-order chi connectivity index (χ0) is 23.0. The number of benzene rings is 2. The zero-order valence-electron chi connectivity index (χ0n) is 16.2. The van der Waals surface area contributed by atoms with Crippen LogP contribution in [0.2, 0.25) is 0 Å². The molecule has 0 N–H and O–H groups in total. The van der Waals surface area contributed by atoms with E-state index >= 15 is 0 Å². The van der Waals surface area contributed by atoms with E-state index in [2.05, 4.69) is 4.98 Å². The highest BCUT2D eigenvalue weighted by Gasteiger charge is 2.32. The SMILES string of the molecule is N#Cc1cn(Cc2ccc(C(F)(F)CF)cc2F)c2cc(-n3ccnc3)c(F)cc2c1=O. The predicted octanol–water partition coefficient (Wildman–Crippen LogP) is 4.45. The van der Waals surface area contributed by atoms with Crippen molar-refractivity contribution in [2.75, 3.05) is 6.67 Å². The second kappa shape index (κ2) is 7.92. The third-order valence-corrected chi connectivity index (χ3v) is 5.04. The fourth-order valence-electron chi connectivity index (χ4n) is 3.37. The number of aromatic nitrogens is 3. The van der Waals surface area contributed by atoms with E-state index < -0.39 is 35.2 Å². The van der Waals surface area contributed by atoms with Crippen LogP contribution in [0.15, 0.2) is 60.0 Å². The van der Waals surface area contributed by atoms with Gasteiger partial charge in [-0.2, -0.15) is 14.0 Å². The van der Waals surface area contributed by atoms with Crippen LogP contribution in [0.5, 0.6) is 0 Å². The number of halogens is 5. The molecule has 2 aromatic heterocycles. The van der Waals surface area contributed by atoms with Gasteiger partial charge in [-0.05, 0) is 18.2 Å². The van der Waals surface area contributed by atoms with Crippen LogP contribution >= 0.6 is 0 Å². The van der Waals surface area contributed by atoms with Gasteiger partial charge in [-0.3, -0.25) is 4.79 Å². The van der Waals surface area contributed by atoms with Crippen LogP contribution in [0.25, 0.3) is 16.6 Å². The summed E-state index contributed by atoms with van der Waals surface area (Å²) in [5, 5.41) is 9.18. The quantitative estimate of drug-likeness (QED) is 0.428. The molecule has 5 nitrogen and oxygen atoms in total. The highest BCUT2D eigenvalue weighted by molar-refractivity contribution is 5.82. The van der Waals surface area contributed by atoms with Crippen LogP contribution in [0.4, 0.5) is 22.0 Å². The van der Waals surface area contributed by atoms with Gasteiger partial charge in [0.25, 0.3) is 0 Å². The highest BCUT2D eigenvalue weighted by atomic mass is 19.3. The minimum atomic E-state index is -3.82. The summed E-state index contributed by atoms with van der Waals surface area (Å²) in [4.78, 5) is 16.4. The van der Waals surface area contributed by atoms with Crippen molar-refractivity contribution in [2.45, 2.75) is 12.5 Å². The lowest BCUT2D eigenvalue weighted by atomic mass is 10.1. The maximum absolute atomic E-state index is 14.7. The number of imidazole rings is 1. The molecule has 0 spiro atoms. The molecule has 32 heavy (non-hydrogen) atoms. The first-order valence-corrected chi connectivity index (χ1v) is 9.23. The molecule has 0 aliphatic heterocycles. The molecule has 0 bridgehead atoms. The summed E-state index contributed by atoms with van der Waals surface area (Å²) in [6, 6.07) is 6.57. The van der Waals surface area contributed by atoms with Gasteiger partial charge in [0, 0.05) is 29.7 Å². The summed E-state index contributed by atoms with van der Waals surface area (Å²) in [6.07, 6.45) is 5.45. The lowest BCUT2D eigenvalue weighted by molar-refractivity contribution is -0.0283. The topological polar surface area (TPSA) is 63.6 Å². The second-order valence-electron chi connectivity index (χ2n) is 7.05. The average molecular weight is 444 g/mol. The number of rotatable bonds is 5. The molecule has 162 valence electrons. The van der Waals surface area contributed by atoms with Crippen molar-refractivity contribution in [2.24, 2.45) is 0 Å². The Morgan fingerprint density at radius 2 is 1.91 bits per heavy atom. The average Bonchev–Trinajstić information content (AvgIpc) is 3.31. The molecular weight excluding hydrogens is 431 g/mol. The van der Waals surface area contributed by atoms with Gasteiger partial charge in [-0.1, -0.05) is 12.1 Å². The van der Waals surface area contributed by atoms with Crippen molar-refractivity contribution < 1.29 is 22.0 Å². The Hall–Kier alpha value is -4.00. The molecule has 4 rings (SSSR count). The molecule has 10 heteroatoms. The normalized spacial score (nSPS) is 11.6. The number of fused-ring (bicyclic) bond motifs is 1. The molecule has 0 amide bonds. The fraction of sp³-hybridized carbons (Fsp3) is 0.136. The van der Waals surface area contributed by atoms with E-state index in [1.807, 2.05) is 0 Å². The lowest BCUT2D eigenvalue weighted by Crippen LogP contribution is -2.17. The van der Waals surface area contributed by atoms with E-state index in [0.29, 0.717) is 6.07 Å². The molecule has 0 aliphatic carbocycles. The number of hydrogen-bond donors (Lipinski definition) is 0. The van der Waals surface area contributed by atoms with Crippen LogP contribution < -0.4 is 5.43 Å². The van der Waals surface area contributed by atoms with Crippen LogP contribution in [0, 0.1) is 23.0 Å². The smallest absolute Gasteiger partial charge is 0.301 e. The Bertz CT molecular complexity index is 1420. The molecule has 0 saturated carbocycles. The maximum Gasteiger partial charge on any atom is 0.301 e. The van der Waals surface area contributed by atoms with Crippen molar-refractivity contribution in [3.8, 4) is 11.8 Å². The molecular formula is C22H13F5N4O. The second-order valence-corrected chi connectivity index (χ2v) is 7.05. The summed E-state index contributed by atoms with van der Waals surface area (Å²) in [5.41, 5.74) is -1.61. The van der Waals surface area contributed by atoms with Gasteiger partial charge in [0.2, 0.25) is 5.43 Å². The third kappa shape index (κ3) is 3.62. The van der Waals surface area contributed by atoms with Crippen LogP contribution in [-0.4, -0.2) is 20.8 Å². The fourth-order valence-corrected chi connectivity index (χ4v) is 3.37. The highest BCUT2D eigenvalue weighted by Crippen LogP contribution is 2.30. The number of pyridine rings is 1. The molecule has 0 fully saturated rings. The third-order valence-electron chi connectivity index (χ3n) is 5.04. The van der Waals surface area contributed by atoms with E-state index in [9.17, 15) is 32.0 Å². The molecule has 0 unspecified atom stereocenters. The Kier molecular flexibility index (Phi) is 5.26. The van der Waals surface area contributed by atoms with Gasteiger partial charge in [0.05, 0.1) is 29.5 Å². The van der Waals surface area contributed by atoms with Crippen molar-refractivity contribution in [3.05, 3.63) is 93.8 Å². The Labute approximate surface area is 177 Å². The Morgan fingerprint density at radius 3 is 2.53 bits per heavy atom. The molecule has 0 radical (unpaired) electrons. The summed E-state index contributed by atoms with van der Waals surface area (Å²) in [7, 11) is 0. The summed E-state index contributed by atoms with van der Waals surface area (Å²) < 4.78 is 71.6. The minimum absolute atomic E-state index is 0.0502. The van der Waals surface area contributed by atoms with Gasteiger partial charge in [0.15, 0.2) is 6.67 Å². The first-order chi connectivity index (χ1) is 15.2. The van der Waals surface area contributed by atoms with E-state index in [1.165, 1.54) is 40.1 Å². The lowest BCUT2D eigenvalue weighted by Gasteiger charge is -2.16. The van der Waals surface area contributed by atoms with Crippen LogP contribution in [-0.2, 0) is 12.5 Å². The zero-order valence-corrected chi connectivity index (χ0v) is 16.2. The van der Waals surface area contributed by atoms with Crippen molar-refractivity contribution in [1.82, 2.24) is 14.1 Å². The van der Waals surface area contributed by atoms with E-state index in [-0.39, 0.29) is 34.3 Å². The van der Waals surface area contributed by atoms with Crippen molar-refractivity contribution in [1.29, 1.82) is 5.26 Å². The molecule has 0 atom stereocenters.